The van der Waals surface area contributed by atoms with Gasteiger partial charge in [0.2, 0.25) is 0 Å². The molecule has 0 bridgehead atoms. The fraction of sp³-hybridized carbons (Fsp3) is 0.900. The molecular formula is C40H76CeO8. The van der Waals surface area contributed by atoms with Crippen molar-refractivity contribution in [2.24, 2.45) is 21.7 Å². The predicted molar refractivity (Wildman–Crippen MR) is 190 cm³/mol. The molecular weight excluding hydrogens is 749 g/mol. The monoisotopic (exact) mass is 824 g/mol. The van der Waals surface area contributed by atoms with Crippen LogP contribution < -0.4 is 20.4 Å². The van der Waals surface area contributed by atoms with E-state index in [1.807, 2.05) is 20.8 Å². The second-order valence-corrected chi connectivity index (χ2v) is 15.1. The van der Waals surface area contributed by atoms with Crippen LogP contribution in [-0.2, 0) is 19.2 Å². The van der Waals surface area contributed by atoms with E-state index in [1.54, 1.807) is 34.6 Å². The van der Waals surface area contributed by atoms with Crippen LogP contribution in [0.2, 0.25) is 0 Å². The van der Waals surface area contributed by atoms with Gasteiger partial charge in [-0.25, -0.2) is 0 Å². The molecule has 8 nitrogen and oxygen atoms in total. The summed E-state index contributed by atoms with van der Waals surface area (Å²) < 4.78 is 0. The average molecular weight is 825 g/mol. The third-order valence-corrected chi connectivity index (χ3v) is 9.34. The van der Waals surface area contributed by atoms with E-state index < -0.39 is 45.5 Å². The van der Waals surface area contributed by atoms with Crippen molar-refractivity contribution in [1.29, 1.82) is 0 Å². The van der Waals surface area contributed by atoms with Gasteiger partial charge < -0.3 is 39.6 Å². The Morgan fingerprint density at radius 3 is 0.796 bits per heavy atom. The van der Waals surface area contributed by atoms with E-state index in [1.165, 1.54) is 12.8 Å². The molecule has 0 saturated carbocycles. The largest absolute Gasteiger partial charge is 4.00 e. The number of carbonyl (C=O) groups excluding carboxylic acids is 4. The van der Waals surface area contributed by atoms with Crippen molar-refractivity contribution in [3.63, 3.8) is 0 Å². The minimum Gasteiger partial charge on any atom is -0.550 e. The molecule has 3 atom stereocenters. The summed E-state index contributed by atoms with van der Waals surface area (Å²) in [5.41, 5.74) is -2.42. The van der Waals surface area contributed by atoms with Gasteiger partial charge in [0, 0.05) is 45.5 Å². The van der Waals surface area contributed by atoms with E-state index in [-0.39, 0.29) is 41.7 Å². The van der Waals surface area contributed by atoms with Gasteiger partial charge >= 0.3 is 41.7 Å². The van der Waals surface area contributed by atoms with Gasteiger partial charge in [-0.05, 0) is 44.9 Å². The minimum atomic E-state index is -0.931. The van der Waals surface area contributed by atoms with Crippen LogP contribution in [0.3, 0.4) is 0 Å². The van der Waals surface area contributed by atoms with E-state index >= 15 is 0 Å². The zero-order chi connectivity index (χ0) is 38.5. The summed E-state index contributed by atoms with van der Waals surface area (Å²) in [5.74, 6) is -3.60. The molecule has 3 unspecified atom stereocenters. The third-order valence-electron chi connectivity index (χ3n) is 9.34. The summed E-state index contributed by atoms with van der Waals surface area (Å²) in [6, 6.07) is 0. The molecule has 49 heavy (non-hydrogen) atoms. The SMILES string of the molecule is CCCCC(C)(CCC)C(=O)[O-].CCCCC(C)(CCC)C(=O)[O-].CCCCC(C)(CCC)C(=O)[O-].CCCCCCC(C)(C)C(=O)[O-].[Ce+4]. The topological polar surface area (TPSA) is 161 Å². The van der Waals surface area contributed by atoms with E-state index in [0.29, 0.717) is 0 Å². The number of rotatable bonds is 24. The van der Waals surface area contributed by atoms with Crippen molar-refractivity contribution >= 4 is 23.9 Å². The zero-order valence-corrected chi connectivity index (χ0v) is 37.0. The number of carboxylic acid groups (broad SMARTS) is 4. The van der Waals surface area contributed by atoms with E-state index in [2.05, 4.69) is 27.7 Å². The minimum absolute atomic E-state index is 0. The smallest absolute Gasteiger partial charge is 0.550 e. The van der Waals surface area contributed by atoms with Crippen molar-refractivity contribution in [3.8, 4) is 0 Å². The first kappa shape index (κ1) is 57.6. The van der Waals surface area contributed by atoms with Crippen molar-refractivity contribution < 1.29 is 81.4 Å². The first-order valence-electron chi connectivity index (χ1n) is 19.1. The number of hydrogen-bond donors (Lipinski definition) is 0. The first-order chi connectivity index (χ1) is 22.2. The fourth-order valence-corrected chi connectivity index (χ4v) is 5.44. The number of carbonyl (C=O) groups is 4. The van der Waals surface area contributed by atoms with Crippen LogP contribution in [0.1, 0.15) is 212 Å². The second-order valence-electron chi connectivity index (χ2n) is 15.1. The van der Waals surface area contributed by atoms with Crippen LogP contribution in [0.15, 0.2) is 0 Å². The van der Waals surface area contributed by atoms with Crippen molar-refractivity contribution in [1.82, 2.24) is 0 Å². The van der Waals surface area contributed by atoms with Gasteiger partial charge in [-0.3, -0.25) is 0 Å². The summed E-state index contributed by atoms with van der Waals surface area (Å²) in [4.78, 5) is 43.0. The Bertz CT molecular complexity index is 765. The van der Waals surface area contributed by atoms with Gasteiger partial charge in [-0.2, -0.15) is 0 Å². The van der Waals surface area contributed by atoms with Crippen molar-refractivity contribution in [2.75, 3.05) is 0 Å². The molecule has 9 heteroatoms. The van der Waals surface area contributed by atoms with Crippen molar-refractivity contribution in [2.45, 2.75) is 212 Å². The second kappa shape index (κ2) is 33.1. The summed E-state index contributed by atoms with van der Waals surface area (Å²) >= 11 is 0. The molecule has 0 aliphatic heterocycles. The average Bonchev–Trinajstić information content (AvgIpc) is 3.01. The van der Waals surface area contributed by atoms with Gasteiger partial charge in [0.15, 0.2) is 0 Å². The molecule has 0 aliphatic rings. The van der Waals surface area contributed by atoms with Gasteiger partial charge in [-0.1, -0.05) is 167 Å². The Hall–Kier alpha value is -0.743. The molecule has 0 aliphatic carbocycles. The summed E-state index contributed by atoms with van der Waals surface area (Å²) in [5, 5.41) is 43.0. The molecule has 0 fully saturated rings. The maximum Gasteiger partial charge on any atom is 4.00 e. The quantitative estimate of drug-likeness (QED) is 0.0948. The standard InChI is InChI=1S/4C10H20O2.Ce/c1-4-5-6-7-8-10(2,3)9(11)12;3*1-4-6-8-10(3,7-5-2)9(11)12;/h4*4-8H2,1-3H3,(H,11,12);/q;;;;+4/p-4. The molecule has 0 amide bonds. The molecule has 0 spiro atoms. The Morgan fingerprint density at radius 1 is 0.347 bits per heavy atom. The molecule has 0 rings (SSSR count). The van der Waals surface area contributed by atoms with Crippen LogP contribution >= 0.6 is 0 Å². The third kappa shape index (κ3) is 29.5. The molecule has 0 heterocycles. The normalized spacial score (nSPS) is 14.3. The van der Waals surface area contributed by atoms with Crippen LogP contribution in [0.5, 0.6) is 0 Å². The molecule has 0 radical (unpaired) electrons. The Morgan fingerprint density at radius 2 is 0.612 bits per heavy atom. The number of unbranched alkanes of at least 4 members (excludes halogenated alkanes) is 6. The Kier molecular flexibility index (Phi) is 38.9. The summed E-state index contributed by atoms with van der Waals surface area (Å²) in [7, 11) is 0. The number of hydrogen-bond acceptors (Lipinski definition) is 8. The van der Waals surface area contributed by atoms with E-state index in [4.69, 9.17) is 0 Å². The molecule has 0 aromatic carbocycles. The van der Waals surface area contributed by atoms with E-state index in [0.717, 1.165) is 116 Å². The van der Waals surface area contributed by atoms with Gasteiger partial charge in [0.25, 0.3) is 0 Å². The van der Waals surface area contributed by atoms with Gasteiger partial charge in [0.1, 0.15) is 0 Å². The van der Waals surface area contributed by atoms with Crippen LogP contribution in [-0.4, -0.2) is 23.9 Å². The van der Waals surface area contributed by atoms with Crippen LogP contribution in [0, 0.1) is 63.4 Å². The fourth-order valence-electron chi connectivity index (χ4n) is 5.44. The first-order valence-corrected chi connectivity index (χ1v) is 19.1. The molecule has 0 aromatic rings. The van der Waals surface area contributed by atoms with E-state index in [9.17, 15) is 39.6 Å². The van der Waals surface area contributed by atoms with Crippen LogP contribution in [0.25, 0.3) is 0 Å². The maximum atomic E-state index is 10.8. The molecule has 0 saturated heterocycles. The molecule has 0 N–H and O–H groups in total. The summed E-state index contributed by atoms with van der Waals surface area (Å²) in [6.07, 6.45) is 18.5. The predicted octanol–water partition coefficient (Wildman–Crippen LogP) is 6.93. The molecule has 288 valence electrons. The maximum absolute atomic E-state index is 10.8. The van der Waals surface area contributed by atoms with Crippen molar-refractivity contribution in [3.05, 3.63) is 0 Å². The van der Waals surface area contributed by atoms with Gasteiger partial charge in [0.05, 0.1) is 0 Å². The Labute approximate surface area is 336 Å². The Balaban J connectivity index is -0.000000174. The number of aliphatic carboxylic acids is 4. The van der Waals surface area contributed by atoms with Crippen LogP contribution in [0.4, 0.5) is 0 Å². The van der Waals surface area contributed by atoms with Gasteiger partial charge in [-0.15, -0.1) is 0 Å². The number of carboxylic acids is 4. The molecule has 0 aromatic heterocycles. The zero-order valence-electron chi connectivity index (χ0n) is 33.9. The summed E-state index contributed by atoms with van der Waals surface area (Å²) in [6.45, 7) is 23.2.